The maximum absolute atomic E-state index is 13.9. The van der Waals surface area contributed by atoms with Gasteiger partial charge in [0.1, 0.15) is 5.75 Å². The van der Waals surface area contributed by atoms with Crippen molar-refractivity contribution in [3.05, 3.63) is 107 Å². The van der Waals surface area contributed by atoms with E-state index in [0.717, 1.165) is 16.3 Å². The second-order valence-corrected chi connectivity index (χ2v) is 10.8. The summed E-state index contributed by atoms with van der Waals surface area (Å²) in [5.41, 5.74) is 3.04. The van der Waals surface area contributed by atoms with Crippen molar-refractivity contribution < 1.29 is 24.3 Å². The van der Waals surface area contributed by atoms with E-state index in [1.807, 2.05) is 42.5 Å². The van der Waals surface area contributed by atoms with Crippen LogP contribution in [0.4, 0.5) is 5.69 Å². The Hall–Kier alpha value is -4.58. The van der Waals surface area contributed by atoms with Crippen LogP contribution in [-0.2, 0) is 19.2 Å². The average molecular weight is 516 g/mol. The fourth-order valence-corrected chi connectivity index (χ4v) is 7.11. The van der Waals surface area contributed by atoms with Crippen LogP contribution in [0.15, 0.2) is 101 Å². The first kappa shape index (κ1) is 23.5. The number of phenolic OH excluding ortho intramolecular Hbond substituents is 1. The van der Waals surface area contributed by atoms with Gasteiger partial charge in [-0.25, -0.2) is 0 Å². The largest absolute Gasteiger partial charge is 0.508 e. The lowest BCUT2D eigenvalue weighted by atomic mass is 9.59. The molecule has 0 saturated carbocycles. The van der Waals surface area contributed by atoms with Crippen LogP contribution in [0, 0.1) is 17.8 Å². The van der Waals surface area contributed by atoms with Crippen molar-refractivity contribution in [3.63, 3.8) is 0 Å². The molecule has 0 bridgehead atoms. The van der Waals surface area contributed by atoms with Crippen molar-refractivity contribution in [1.82, 2.24) is 0 Å². The van der Waals surface area contributed by atoms with E-state index in [9.17, 15) is 24.3 Å². The van der Waals surface area contributed by atoms with Gasteiger partial charge in [0.15, 0.2) is 11.6 Å². The molecule has 1 N–H and O–H groups in total. The van der Waals surface area contributed by atoms with Gasteiger partial charge in [-0.05, 0) is 60.7 Å². The first-order chi connectivity index (χ1) is 18.9. The lowest BCUT2D eigenvalue weighted by Crippen LogP contribution is -2.40. The minimum Gasteiger partial charge on any atom is -0.508 e. The molecule has 6 nitrogen and oxygen atoms in total. The van der Waals surface area contributed by atoms with Crippen molar-refractivity contribution in [3.8, 4) is 5.75 Å². The highest BCUT2D eigenvalue weighted by Gasteiger charge is 2.57. The molecule has 2 amide bonds. The van der Waals surface area contributed by atoms with Crippen LogP contribution in [0.1, 0.15) is 31.2 Å². The molecule has 4 atom stereocenters. The molecule has 0 aromatic heterocycles. The summed E-state index contributed by atoms with van der Waals surface area (Å²) in [4.78, 5) is 55.8. The molecule has 4 aliphatic rings. The number of hydrogen-bond donors (Lipinski definition) is 1. The molecule has 1 heterocycles. The van der Waals surface area contributed by atoms with Gasteiger partial charge in [-0.1, -0.05) is 60.2 Å². The molecule has 3 aromatic carbocycles. The summed E-state index contributed by atoms with van der Waals surface area (Å²) in [6.07, 6.45) is 3.91. The number of nitrogens with zero attached hydrogens (tertiary/aromatic N) is 1. The summed E-state index contributed by atoms with van der Waals surface area (Å²) in [6, 6.07) is 20.0. The number of hydrogen-bond acceptors (Lipinski definition) is 5. The molecule has 1 saturated heterocycles. The van der Waals surface area contributed by atoms with Crippen LogP contribution in [0.3, 0.4) is 0 Å². The lowest BCUT2D eigenvalue weighted by molar-refractivity contribution is -0.123. The number of imide groups is 1. The molecule has 0 unspecified atom stereocenters. The summed E-state index contributed by atoms with van der Waals surface area (Å²) in [5, 5.41) is 12.9. The first-order valence-electron chi connectivity index (χ1n) is 13.2. The molecule has 1 aliphatic heterocycles. The van der Waals surface area contributed by atoms with E-state index in [4.69, 9.17) is 0 Å². The fourth-order valence-electron chi connectivity index (χ4n) is 7.11. The van der Waals surface area contributed by atoms with Crippen molar-refractivity contribution >= 4 is 39.8 Å². The number of benzene rings is 3. The zero-order valence-electron chi connectivity index (χ0n) is 21.3. The van der Waals surface area contributed by atoms with Gasteiger partial charge in [0.25, 0.3) is 0 Å². The van der Waals surface area contributed by atoms with Gasteiger partial charge in [0, 0.05) is 28.2 Å². The van der Waals surface area contributed by atoms with Crippen LogP contribution in [0.2, 0.25) is 0 Å². The van der Waals surface area contributed by atoms with Crippen molar-refractivity contribution in [2.45, 2.75) is 25.7 Å². The Kier molecular flexibility index (Phi) is 5.11. The van der Waals surface area contributed by atoms with Gasteiger partial charge in [-0.2, -0.15) is 0 Å². The fraction of sp³-hybridized carbons (Fsp3) is 0.212. The highest BCUT2D eigenvalue weighted by atomic mass is 16.3. The van der Waals surface area contributed by atoms with E-state index in [-0.39, 0.29) is 35.6 Å². The second kappa shape index (κ2) is 8.46. The first-order valence-corrected chi connectivity index (χ1v) is 13.2. The van der Waals surface area contributed by atoms with Crippen LogP contribution in [0.5, 0.6) is 5.75 Å². The van der Waals surface area contributed by atoms with Crippen molar-refractivity contribution in [2.75, 3.05) is 4.90 Å². The Morgan fingerprint density at radius 2 is 1.59 bits per heavy atom. The van der Waals surface area contributed by atoms with E-state index in [1.165, 1.54) is 11.0 Å². The summed E-state index contributed by atoms with van der Waals surface area (Å²) in [7, 11) is 0. The number of amides is 2. The maximum Gasteiger partial charge on any atom is 0.238 e. The number of carbonyl (C=O) groups is 4. The van der Waals surface area contributed by atoms with Crippen LogP contribution >= 0.6 is 0 Å². The third-order valence-corrected chi connectivity index (χ3v) is 8.82. The Bertz CT molecular complexity index is 1730. The van der Waals surface area contributed by atoms with E-state index >= 15 is 0 Å². The molecular formula is C33H25NO5. The molecule has 192 valence electrons. The number of fused-ring (bicyclic) bond motifs is 4. The van der Waals surface area contributed by atoms with Gasteiger partial charge >= 0.3 is 0 Å². The minimum absolute atomic E-state index is 0.0291. The highest BCUT2D eigenvalue weighted by molar-refractivity contribution is 6.25. The molecule has 3 aliphatic carbocycles. The third kappa shape index (κ3) is 3.27. The van der Waals surface area contributed by atoms with E-state index in [2.05, 4.69) is 0 Å². The summed E-state index contributed by atoms with van der Waals surface area (Å²) >= 11 is 0. The third-order valence-electron chi connectivity index (χ3n) is 8.82. The number of carbonyl (C=O) groups excluding carboxylic acids is 4. The molecule has 1 fully saturated rings. The monoisotopic (exact) mass is 515 g/mol. The number of Topliss-reactive ketones (excluding diaryl/α,β-unsaturated/α-hetero) is 1. The highest BCUT2D eigenvalue weighted by Crippen LogP contribution is 2.57. The Labute approximate surface area is 224 Å². The molecule has 6 heteroatoms. The topological polar surface area (TPSA) is 91.8 Å². The van der Waals surface area contributed by atoms with E-state index < -0.39 is 23.7 Å². The molecule has 39 heavy (non-hydrogen) atoms. The predicted octanol–water partition coefficient (Wildman–Crippen LogP) is 5.18. The zero-order chi connectivity index (χ0) is 27.0. The number of ketones is 2. The number of allylic oxidation sites excluding steroid dienone is 6. The standard InChI is InChI=1S/C33H25NO5/c1-17-15-26(36)24-16-23-21(12-13-22-27(23)33(39)34(32(22)38)19-8-3-2-4-9-19)29(30(24)31(17)37)28-20-10-6-5-7-18(20)11-14-25(28)35/h2-12,14-15,22-23,27,29,35H,13,16H2,1H3/t22-,23+,27-,29+/m0/s1. The van der Waals surface area contributed by atoms with Gasteiger partial charge in [-0.3, -0.25) is 24.1 Å². The van der Waals surface area contributed by atoms with Crippen molar-refractivity contribution in [1.29, 1.82) is 0 Å². The predicted molar refractivity (Wildman–Crippen MR) is 146 cm³/mol. The van der Waals surface area contributed by atoms with Crippen LogP contribution in [-0.4, -0.2) is 28.5 Å². The van der Waals surface area contributed by atoms with Crippen LogP contribution < -0.4 is 4.90 Å². The summed E-state index contributed by atoms with van der Waals surface area (Å²) < 4.78 is 0. The van der Waals surface area contributed by atoms with Gasteiger partial charge in [-0.15, -0.1) is 0 Å². The maximum atomic E-state index is 13.9. The normalized spacial score (nSPS) is 26.3. The van der Waals surface area contributed by atoms with Gasteiger partial charge in [0.05, 0.1) is 17.5 Å². The average Bonchev–Trinajstić information content (AvgIpc) is 3.21. The summed E-state index contributed by atoms with van der Waals surface area (Å²) in [5.74, 6) is -3.28. The van der Waals surface area contributed by atoms with Gasteiger partial charge < -0.3 is 5.11 Å². The molecule has 0 radical (unpaired) electrons. The van der Waals surface area contributed by atoms with Crippen LogP contribution in [0.25, 0.3) is 10.8 Å². The zero-order valence-corrected chi connectivity index (χ0v) is 21.3. The minimum atomic E-state index is -0.695. The smallest absolute Gasteiger partial charge is 0.238 e. The number of phenols is 1. The second-order valence-electron chi connectivity index (χ2n) is 10.8. The molecule has 0 spiro atoms. The Balaban J connectivity index is 1.44. The van der Waals surface area contributed by atoms with Gasteiger partial charge in [0.2, 0.25) is 11.8 Å². The summed E-state index contributed by atoms with van der Waals surface area (Å²) in [6.45, 7) is 1.64. The van der Waals surface area contributed by atoms with E-state index in [1.54, 1.807) is 37.3 Å². The number of para-hydroxylation sites is 1. The molecule has 3 aromatic rings. The molecule has 7 rings (SSSR count). The van der Waals surface area contributed by atoms with E-state index in [0.29, 0.717) is 34.4 Å². The Morgan fingerprint density at radius 1 is 0.846 bits per heavy atom. The number of anilines is 1. The SMILES string of the molecule is CC1=CC(=O)C2=C(C1=O)[C@@H](c1c(O)ccc3ccccc13)C1=CC[C@@H]3C(=O)N(c4ccccc4)C(=O)[C@@H]3[C@@H]1C2. The van der Waals surface area contributed by atoms with Crippen molar-refractivity contribution in [2.24, 2.45) is 17.8 Å². The lowest BCUT2D eigenvalue weighted by Gasteiger charge is -2.42. The number of aromatic hydroxyl groups is 1. The Morgan fingerprint density at radius 3 is 2.38 bits per heavy atom. The number of rotatable bonds is 2. The quantitative estimate of drug-likeness (QED) is 0.289. The molecular weight excluding hydrogens is 490 g/mol.